The molecular weight excluding hydrogens is 348 g/mol. The summed E-state index contributed by atoms with van der Waals surface area (Å²) in [5.41, 5.74) is 2.05. The van der Waals surface area contributed by atoms with Crippen LogP contribution in [-0.4, -0.2) is 31.0 Å². The molecule has 0 aliphatic carbocycles. The minimum atomic E-state index is -0.333. The molecule has 2 aromatic rings. The van der Waals surface area contributed by atoms with Crippen molar-refractivity contribution >= 4 is 29.2 Å². The van der Waals surface area contributed by atoms with E-state index < -0.39 is 0 Å². The van der Waals surface area contributed by atoms with Gasteiger partial charge in [-0.2, -0.15) is 0 Å². The summed E-state index contributed by atoms with van der Waals surface area (Å²) in [5, 5.41) is 10.8. The van der Waals surface area contributed by atoms with Crippen LogP contribution in [0.5, 0.6) is 5.75 Å². The summed E-state index contributed by atoms with van der Waals surface area (Å²) in [6, 6.07) is 14.2. The molecule has 1 aliphatic heterocycles. The molecule has 0 fully saturated rings. The van der Waals surface area contributed by atoms with Gasteiger partial charge < -0.3 is 26.0 Å². The van der Waals surface area contributed by atoms with E-state index in [1.165, 1.54) is 0 Å². The number of ether oxygens (including phenoxy) is 1. The molecule has 4 amide bonds. The molecule has 27 heavy (non-hydrogen) atoms. The zero-order valence-corrected chi connectivity index (χ0v) is 14.6. The molecule has 140 valence electrons. The normalized spacial score (nSPS) is 12.2. The predicted octanol–water partition coefficient (Wildman–Crippen LogP) is 1.85. The third-order valence-electron chi connectivity index (χ3n) is 3.83. The van der Waals surface area contributed by atoms with Crippen molar-refractivity contribution in [2.45, 2.75) is 13.0 Å². The summed E-state index contributed by atoms with van der Waals surface area (Å²) in [6.45, 7) is 0.607. The Bertz CT molecular complexity index is 839. The molecule has 0 unspecified atom stereocenters. The van der Waals surface area contributed by atoms with Crippen molar-refractivity contribution in [3.05, 3.63) is 54.1 Å². The number of urea groups is 1. The Hall–Kier alpha value is -3.55. The Kier molecular flexibility index (Phi) is 5.88. The van der Waals surface area contributed by atoms with Crippen LogP contribution in [0.3, 0.4) is 0 Å². The summed E-state index contributed by atoms with van der Waals surface area (Å²) < 4.78 is 5.26. The topological polar surface area (TPSA) is 109 Å². The molecule has 0 saturated carbocycles. The van der Waals surface area contributed by atoms with Gasteiger partial charge in [-0.3, -0.25) is 9.59 Å². The van der Waals surface area contributed by atoms with Crippen molar-refractivity contribution in [2.24, 2.45) is 0 Å². The van der Waals surface area contributed by atoms with Crippen LogP contribution < -0.4 is 26.0 Å². The number of carbonyl (C=O) groups is 3. The van der Waals surface area contributed by atoms with E-state index >= 15 is 0 Å². The SMILES string of the molecule is O=C(CCNC(=O)NCc1ccccc1)Nc1ccc2c(c1)NC(=O)CO2. The van der Waals surface area contributed by atoms with Gasteiger partial charge in [-0.25, -0.2) is 4.79 Å². The Morgan fingerprint density at radius 3 is 2.70 bits per heavy atom. The van der Waals surface area contributed by atoms with Crippen LogP contribution in [0.15, 0.2) is 48.5 Å². The van der Waals surface area contributed by atoms with Crippen molar-refractivity contribution in [1.82, 2.24) is 10.6 Å². The van der Waals surface area contributed by atoms with Crippen LogP contribution in [0.2, 0.25) is 0 Å². The largest absolute Gasteiger partial charge is 0.482 e. The van der Waals surface area contributed by atoms with E-state index in [1.807, 2.05) is 30.3 Å². The van der Waals surface area contributed by atoms with E-state index in [4.69, 9.17) is 4.74 Å². The van der Waals surface area contributed by atoms with Gasteiger partial charge in [-0.05, 0) is 23.8 Å². The number of carbonyl (C=O) groups excluding carboxylic acids is 3. The number of benzene rings is 2. The van der Waals surface area contributed by atoms with Gasteiger partial charge in [0.05, 0.1) is 5.69 Å². The molecular formula is C19H20N4O4. The van der Waals surface area contributed by atoms with E-state index in [1.54, 1.807) is 18.2 Å². The summed E-state index contributed by atoms with van der Waals surface area (Å²) in [4.78, 5) is 35.1. The molecule has 0 spiro atoms. The fraction of sp³-hybridized carbons (Fsp3) is 0.211. The standard InChI is InChI=1S/C19H20N4O4/c24-17(8-9-20-19(26)21-11-13-4-2-1-3-5-13)22-14-6-7-16-15(10-14)23-18(25)12-27-16/h1-7,10H,8-9,11-12H2,(H,22,24)(H,23,25)(H2,20,21,26). The predicted molar refractivity (Wildman–Crippen MR) is 100 cm³/mol. The molecule has 3 rings (SSSR count). The third kappa shape index (κ3) is 5.46. The molecule has 0 radical (unpaired) electrons. The van der Waals surface area contributed by atoms with E-state index in [0.717, 1.165) is 5.56 Å². The number of anilines is 2. The first-order chi connectivity index (χ1) is 13.1. The van der Waals surface area contributed by atoms with Crippen LogP contribution in [0.4, 0.5) is 16.2 Å². The molecule has 1 aliphatic rings. The Labute approximate surface area is 156 Å². The molecule has 0 saturated heterocycles. The van der Waals surface area contributed by atoms with Gasteiger partial charge in [0.15, 0.2) is 6.61 Å². The maximum Gasteiger partial charge on any atom is 0.315 e. The molecule has 2 aromatic carbocycles. The first kappa shape index (κ1) is 18.2. The van der Waals surface area contributed by atoms with E-state index in [9.17, 15) is 14.4 Å². The molecule has 0 aromatic heterocycles. The third-order valence-corrected chi connectivity index (χ3v) is 3.83. The number of rotatable bonds is 6. The van der Waals surface area contributed by atoms with Crippen molar-refractivity contribution in [1.29, 1.82) is 0 Å². The molecule has 0 atom stereocenters. The van der Waals surface area contributed by atoms with E-state index in [-0.39, 0.29) is 37.4 Å². The average Bonchev–Trinajstić information content (AvgIpc) is 2.67. The second kappa shape index (κ2) is 8.70. The lowest BCUT2D eigenvalue weighted by molar-refractivity contribution is -0.118. The highest BCUT2D eigenvalue weighted by Crippen LogP contribution is 2.30. The lowest BCUT2D eigenvalue weighted by Gasteiger charge is -2.18. The quantitative estimate of drug-likeness (QED) is 0.624. The molecule has 8 nitrogen and oxygen atoms in total. The summed E-state index contributed by atoms with van der Waals surface area (Å²) in [5.74, 6) is 0.0717. The zero-order valence-electron chi connectivity index (χ0n) is 14.6. The summed E-state index contributed by atoms with van der Waals surface area (Å²) in [6.07, 6.45) is 0.124. The zero-order chi connectivity index (χ0) is 19.1. The fourth-order valence-electron chi connectivity index (χ4n) is 2.51. The molecule has 0 bridgehead atoms. The fourth-order valence-corrected chi connectivity index (χ4v) is 2.51. The Morgan fingerprint density at radius 2 is 1.89 bits per heavy atom. The van der Waals surface area contributed by atoms with Crippen molar-refractivity contribution in [3.63, 3.8) is 0 Å². The van der Waals surface area contributed by atoms with Gasteiger partial charge in [-0.1, -0.05) is 30.3 Å². The summed E-state index contributed by atoms with van der Waals surface area (Å²) >= 11 is 0. The molecule has 4 N–H and O–H groups in total. The highest BCUT2D eigenvalue weighted by molar-refractivity contribution is 5.97. The van der Waals surface area contributed by atoms with Gasteiger partial charge in [-0.15, -0.1) is 0 Å². The number of amides is 4. The summed E-state index contributed by atoms with van der Waals surface area (Å²) in [7, 11) is 0. The highest BCUT2D eigenvalue weighted by atomic mass is 16.5. The van der Waals surface area contributed by atoms with Gasteiger partial charge in [0, 0.05) is 25.2 Å². The first-order valence-electron chi connectivity index (χ1n) is 8.52. The van der Waals surface area contributed by atoms with Crippen LogP contribution in [0.25, 0.3) is 0 Å². The lowest BCUT2D eigenvalue weighted by Crippen LogP contribution is -2.36. The second-order valence-corrected chi connectivity index (χ2v) is 5.94. The Morgan fingerprint density at radius 1 is 1.07 bits per heavy atom. The van der Waals surface area contributed by atoms with Crippen molar-refractivity contribution < 1.29 is 19.1 Å². The number of hydrogen-bond acceptors (Lipinski definition) is 4. The Balaban J connectivity index is 1.39. The van der Waals surface area contributed by atoms with Gasteiger partial charge >= 0.3 is 6.03 Å². The van der Waals surface area contributed by atoms with Crippen LogP contribution in [0, 0.1) is 0 Å². The smallest absolute Gasteiger partial charge is 0.315 e. The number of nitrogens with one attached hydrogen (secondary N) is 4. The first-order valence-corrected chi connectivity index (χ1v) is 8.52. The van der Waals surface area contributed by atoms with Gasteiger partial charge in [0.1, 0.15) is 5.75 Å². The molecule has 8 heteroatoms. The second-order valence-electron chi connectivity index (χ2n) is 5.94. The van der Waals surface area contributed by atoms with E-state index in [2.05, 4.69) is 21.3 Å². The lowest BCUT2D eigenvalue weighted by atomic mass is 10.2. The monoisotopic (exact) mass is 368 g/mol. The van der Waals surface area contributed by atoms with Crippen molar-refractivity contribution in [2.75, 3.05) is 23.8 Å². The van der Waals surface area contributed by atoms with Crippen LogP contribution >= 0.6 is 0 Å². The molecule has 1 heterocycles. The maximum absolute atomic E-state index is 12.0. The van der Waals surface area contributed by atoms with Gasteiger partial charge in [0.25, 0.3) is 5.91 Å². The van der Waals surface area contributed by atoms with Gasteiger partial charge in [0.2, 0.25) is 5.91 Å². The maximum atomic E-state index is 12.0. The minimum Gasteiger partial charge on any atom is -0.482 e. The average molecular weight is 368 g/mol. The van der Waals surface area contributed by atoms with Crippen LogP contribution in [-0.2, 0) is 16.1 Å². The highest BCUT2D eigenvalue weighted by Gasteiger charge is 2.16. The van der Waals surface area contributed by atoms with Crippen molar-refractivity contribution in [3.8, 4) is 5.75 Å². The van der Waals surface area contributed by atoms with E-state index in [0.29, 0.717) is 23.7 Å². The minimum absolute atomic E-state index is 0.0172. The number of hydrogen-bond donors (Lipinski definition) is 4. The number of fused-ring (bicyclic) bond motifs is 1. The van der Waals surface area contributed by atoms with Crippen LogP contribution in [0.1, 0.15) is 12.0 Å².